The molecule has 0 aliphatic carbocycles. The van der Waals surface area contributed by atoms with Gasteiger partial charge in [-0.15, -0.1) is 0 Å². The lowest BCUT2D eigenvalue weighted by Gasteiger charge is -2.39. The molecule has 200 valence electrons. The molecule has 1 aromatic heterocycles. The van der Waals surface area contributed by atoms with Gasteiger partial charge >= 0.3 is 0 Å². The average molecular weight is 549 g/mol. The molecule has 1 atom stereocenters. The first-order valence-corrected chi connectivity index (χ1v) is 13.1. The van der Waals surface area contributed by atoms with Crippen LogP contribution in [0.15, 0.2) is 49.1 Å². The van der Waals surface area contributed by atoms with Crippen LogP contribution in [0.1, 0.15) is 15.9 Å². The highest BCUT2D eigenvalue weighted by atomic mass is 35.5. The fraction of sp³-hybridized carbons (Fsp3) is 0.276. The largest absolute Gasteiger partial charge is 0.507 e. The third-order valence-corrected chi connectivity index (χ3v) is 8.05. The molecule has 3 aromatic rings. The second-order valence-electron chi connectivity index (χ2n) is 9.89. The number of carbonyl (C=O) groups is 2. The van der Waals surface area contributed by atoms with Gasteiger partial charge in [0.25, 0.3) is 5.91 Å². The van der Waals surface area contributed by atoms with Gasteiger partial charge in [0.15, 0.2) is 5.75 Å². The predicted molar refractivity (Wildman–Crippen MR) is 146 cm³/mol. The number of aromatic nitrogens is 1. The number of piperazine rings is 1. The molecule has 3 aliphatic heterocycles. The maximum atomic E-state index is 15.1. The Morgan fingerprint density at radius 3 is 2.74 bits per heavy atom. The Morgan fingerprint density at radius 2 is 1.97 bits per heavy atom. The Labute approximate surface area is 229 Å². The number of hydrogen-bond acceptors (Lipinski definition) is 6. The van der Waals surface area contributed by atoms with Crippen molar-refractivity contribution in [3.63, 3.8) is 0 Å². The molecule has 0 radical (unpaired) electrons. The fourth-order valence-electron chi connectivity index (χ4n) is 5.72. The molecule has 39 heavy (non-hydrogen) atoms. The zero-order valence-electron chi connectivity index (χ0n) is 21.3. The lowest BCUT2D eigenvalue weighted by Crippen LogP contribution is -2.57. The lowest BCUT2D eigenvalue weighted by atomic mass is 9.95. The minimum absolute atomic E-state index is 0.0129. The van der Waals surface area contributed by atoms with Crippen LogP contribution < -0.4 is 9.64 Å². The van der Waals surface area contributed by atoms with E-state index in [2.05, 4.69) is 11.5 Å². The van der Waals surface area contributed by atoms with Gasteiger partial charge in [0.05, 0.1) is 17.3 Å². The molecule has 3 aliphatic rings. The number of likely N-dealkylation sites (N-methyl/N-ethyl adjacent to an activating group) is 1. The summed E-state index contributed by atoms with van der Waals surface area (Å²) in [6.45, 7) is 5.36. The summed E-state index contributed by atoms with van der Waals surface area (Å²) in [7, 11) is 2.00. The van der Waals surface area contributed by atoms with Gasteiger partial charge in [-0.05, 0) is 36.3 Å². The predicted octanol–water partition coefficient (Wildman–Crippen LogP) is 4.14. The molecule has 6 rings (SSSR count). The molecule has 2 aromatic carbocycles. The van der Waals surface area contributed by atoms with Crippen LogP contribution in [-0.2, 0) is 11.2 Å². The number of ether oxygens (including phenoxy) is 1. The van der Waals surface area contributed by atoms with E-state index in [9.17, 15) is 14.7 Å². The van der Waals surface area contributed by atoms with E-state index in [1.807, 2.05) is 25.2 Å². The van der Waals surface area contributed by atoms with E-state index in [-0.39, 0.29) is 58.3 Å². The maximum absolute atomic E-state index is 15.1. The molecule has 1 saturated heterocycles. The molecule has 0 unspecified atom stereocenters. The van der Waals surface area contributed by atoms with Crippen LogP contribution in [0.25, 0.3) is 22.5 Å². The third kappa shape index (κ3) is 3.99. The average Bonchev–Trinajstić information content (AvgIpc) is 3.25. The molecular weight excluding hydrogens is 523 g/mol. The molecule has 0 bridgehead atoms. The van der Waals surface area contributed by atoms with Crippen LogP contribution in [-0.4, -0.2) is 77.6 Å². The molecule has 2 amide bonds. The smallest absolute Gasteiger partial charge is 0.260 e. The van der Waals surface area contributed by atoms with E-state index in [1.165, 1.54) is 24.3 Å². The summed E-state index contributed by atoms with van der Waals surface area (Å²) in [6, 6.07) is 9.32. The zero-order chi connectivity index (χ0) is 27.4. The number of nitrogens with zero attached hydrogens (tertiary/aromatic N) is 4. The summed E-state index contributed by atoms with van der Waals surface area (Å²) in [4.78, 5) is 36.7. The molecule has 10 heteroatoms. The summed E-state index contributed by atoms with van der Waals surface area (Å²) < 4.78 is 21.3. The first kappa shape index (κ1) is 25.2. The zero-order valence-corrected chi connectivity index (χ0v) is 22.0. The van der Waals surface area contributed by atoms with Crippen molar-refractivity contribution in [2.75, 3.05) is 44.7 Å². The number of halogens is 2. The minimum Gasteiger partial charge on any atom is -0.507 e. The first-order valence-electron chi connectivity index (χ1n) is 12.7. The number of phenolic OH excluding ortho intramolecular Hbond substituents is 1. The van der Waals surface area contributed by atoms with Crippen LogP contribution in [0.2, 0.25) is 5.02 Å². The van der Waals surface area contributed by atoms with Gasteiger partial charge < -0.3 is 24.5 Å². The Balaban J connectivity index is 1.58. The summed E-state index contributed by atoms with van der Waals surface area (Å²) >= 11 is 6.82. The summed E-state index contributed by atoms with van der Waals surface area (Å²) in [5.74, 6) is -1.49. The number of aromatic hydroxyl groups is 1. The quantitative estimate of drug-likeness (QED) is 0.495. The Bertz CT molecular complexity index is 1520. The van der Waals surface area contributed by atoms with Gasteiger partial charge in [-0.3, -0.25) is 9.59 Å². The second-order valence-corrected chi connectivity index (χ2v) is 10.3. The van der Waals surface area contributed by atoms with E-state index in [0.29, 0.717) is 18.8 Å². The van der Waals surface area contributed by atoms with Crippen LogP contribution in [0.4, 0.5) is 10.1 Å². The number of anilines is 1. The SMILES string of the molecule is C=CC(=O)N1CCN2C(=O)c3c(-c4cccc5c4CCN5C)nc(-c4c(O)cccc4F)c(Cl)c3OC[C@H]2C1. The van der Waals surface area contributed by atoms with Crippen molar-refractivity contribution in [1.82, 2.24) is 14.8 Å². The number of carbonyl (C=O) groups excluding carboxylic acids is 2. The van der Waals surface area contributed by atoms with Crippen molar-refractivity contribution in [3.05, 3.63) is 71.0 Å². The highest BCUT2D eigenvalue weighted by Gasteiger charge is 2.40. The van der Waals surface area contributed by atoms with Crippen molar-refractivity contribution >= 4 is 29.1 Å². The van der Waals surface area contributed by atoms with Crippen molar-refractivity contribution in [2.24, 2.45) is 0 Å². The normalized spacial score (nSPS) is 18.2. The maximum Gasteiger partial charge on any atom is 0.260 e. The summed E-state index contributed by atoms with van der Waals surface area (Å²) in [5, 5.41) is 10.5. The minimum atomic E-state index is -0.704. The van der Waals surface area contributed by atoms with Crippen molar-refractivity contribution < 1.29 is 23.8 Å². The fourth-order valence-corrected chi connectivity index (χ4v) is 6.00. The number of amides is 2. The van der Waals surface area contributed by atoms with Gasteiger partial charge in [0, 0.05) is 44.5 Å². The van der Waals surface area contributed by atoms with Gasteiger partial charge in [0.1, 0.15) is 34.5 Å². The van der Waals surface area contributed by atoms with Crippen LogP contribution in [0.5, 0.6) is 11.5 Å². The van der Waals surface area contributed by atoms with Crippen molar-refractivity contribution in [1.29, 1.82) is 0 Å². The Kier molecular flexibility index (Phi) is 6.18. The molecule has 1 N–H and O–H groups in total. The number of fused-ring (bicyclic) bond motifs is 3. The molecule has 8 nitrogen and oxygen atoms in total. The number of benzene rings is 2. The van der Waals surface area contributed by atoms with Gasteiger partial charge in [-0.1, -0.05) is 36.4 Å². The summed E-state index contributed by atoms with van der Waals surface area (Å²) in [6.07, 6.45) is 1.99. The third-order valence-electron chi connectivity index (χ3n) is 7.70. The number of pyridine rings is 1. The topological polar surface area (TPSA) is 86.2 Å². The van der Waals surface area contributed by atoms with Gasteiger partial charge in [-0.25, -0.2) is 9.37 Å². The first-order chi connectivity index (χ1) is 18.8. The molecular formula is C29H26ClFN4O4. The Hall–Kier alpha value is -4.11. The lowest BCUT2D eigenvalue weighted by molar-refractivity contribution is -0.128. The molecule has 0 saturated carbocycles. The molecule has 4 heterocycles. The summed E-state index contributed by atoms with van der Waals surface area (Å²) in [5.41, 5.74) is 3.07. The number of hydrogen-bond donors (Lipinski definition) is 1. The van der Waals surface area contributed by atoms with E-state index in [4.69, 9.17) is 21.3 Å². The van der Waals surface area contributed by atoms with E-state index in [0.717, 1.165) is 29.8 Å². The molecule has 1 fully saturated rings. The van der Waals surface area contributed by atoms with E-state index in [1.54, 1.807) is 9.80 Å². The van der Waals surface area contributed by atoms with Crippen LogP contribution in [0, 0.1) is 5.82 Å². The van der Waals surface area contributed by atoms with Crippen LogP contribution >= 0.6 is 11.6 Å². The van der Waals surface area contributed by atoms with Crippen molar-refractivity contribution in [2.45, 2.75) is 12.5 Å². The highest BCUT2D eigenvalue weighted by Crippen LogP contribution is 2.47. The monoisotopic (exact) mass is 548 g/mol. The highest BCUT2D eigenvalue weighted by molar-refractivity contribution is 6.35. The Morgan fingerprint density at radius 1 is 1.18 bits per heavy atom. The second kappa shape index (κ2) is 9.57. The van der Waals surface area contributed by atoms with Crippen LogP contribution in [0.3, 0.4) is 0 Å². The van der Waals surface area contributed by atoms with E-state index < -0.39 is 11.9 Å². The number of rotatable bonds is 3. The standard InChI is InChI=1S/C29H26ClFN4O4/c1-3-22(37)34-12-13-35-16(14-34)15-39-28-24(29(35)38)26(18-6-4-8-20-17(18)10-11-33(20)2)32-27(25(28)30)23-19(31)7-5-9-21(23)36/h3-9,16,36H,1,10-15H2,2H3/t16-/m1/s1. The van der Waals surface area contributed by atoms with Crippen molar-refractivity contribution in [3.8, 4) is 34.0 Å². The number of phenols is 1. The van der Waals surface area contributed by atoms with Gasteiger partial charge in [0.2, 0.25) is 5.91 Å². The van der Waals surface area contributed by atoms with E-state index >= 15 is 4.39 Å². The molecule has 0 spiro atoms. The van der Waals surface area contributed by atoms with Gasteiger partial charge in [-0.2, -0.15) is 0 Å².